The molecule has 24 heavy (non-hydrogen) atoms. The quantitative estimate of drug-likeness (QED) is 0.878. The normalized spacial score (nSPS) is 15.2. The van der Waals surface area contributed by atoms with Crippen molar-refractivity contribution in [3.63, 3.8) is 0 Å². The van der Waals surface area contributed by atoms with E-state index in [0.29, 0.717) is 12.1 Å². The summed E-state index contributed by atoms with van der Waals surface area (Å²) >= 11 is 0. The van der Waals surface area contributed by atoms with E-state index in [-0.39, 0.29) is 12.0 Å². The van der Waals surface area contributed by atoms with Crippen molar-refractivity contribution in [1.29, 1.82) is 0 Å². The number of carbonyl (C=O) groups excluding carboxylic acids is 1. The fourth-order valence-corrected chi connectivity index (χ4v) is 2.88. The third-order valence-electron chi connectivity index (χ3n) is 4.24. The molecule has 0 atom stereocenters. The van der Waals surface area contributed by atoms with Crippen LogP contribution in [0.2, 0.25) is 0 Å². The number of nitrogens with one attached hydrogen (secondary N) is 2. The molecule has 0 bridgehead atoms. The van der Waals surface area contributed by atoms with Gasteiger partial charge in [-0.15, -0.1) is 0 Å². The molecule has 6 heteroatoms. The summed E-state index contributed by atoms with van der Waals surface area (Å²) in [7, 11) is 1.87. The molecule has 1 fully saturated rings. The van der Waals surface area contributed by atoms with Crippen molar-refractivity contribution in [3.05, 3.63) is 47.3 Å². The Kier molecular flexibility index (Phi) is 5.15. The van der Waals surface area contributed by atoms with Crippen molar-refractivity contribution in [2.24, 2.45) is 7.05 Å². The van der Waals surface area contributed by atoms with Gasteiger partial charge in [0.25, 0.3) is 5.91 Å². The molecule has 0 aliphatic carbocycles. The minimum Gasteiger partial charge on any atom is -0.490 e. The van der Waals surface area contributed by atoms with Gasteiger partial charge in [-0.2, -0.15) is 5.10 Å². The summed E-state index contributed by atoms with van der Waals surface area (Å²) in [5.41, 5.74) is 2.58. The molecule has 2 aromatic rings. The van der Waals surface area contributed by atoms with Crippen LogP contribution in [0, 0.1) is 6.92 Å². The Morgan fingerprint density at radius 3 is 2.67 bits per heavy atom. The Morgan fingerprint density at radius 2 is 2.04 bits per heavy atom. The molecule has 0 spiro atoms. The highest BCUT2D eigenvalue weighted by Gasteiger charge is 2.15. The predicted molar refractivity (Wildman–Crippen MR) is 92.1 cm³/mol. The molecule has 6 nitrogen and oxygen atoms in total. The number of piperidine rings is 1. The van der Waals surface area contributed by atoms with Gasteiger partial charge in [0.1, 0.15) is 11.9 Å². The molecular weight excluding hydrogens is 304 g/mol. The fraction of sp³-hybridized carbons (Fsp3) is 0.444. The zero-order valence-electron chi connectivity index (χ0n) is 14.2. The largest absolute Gasteiger partial charge is 0.490 e. The van der Waals surface area contributed by atoms with E-state index in [4.69, 9.17) is 4.74 Å². The van der Waals surface area contributed by atoms with Gasteiger partial charge in [-0.1, -0.05) is 0 Å². The average molecular weight is 328 g/mol. The van der Waals surface area contributed by atoms with Gasteiger partial charge >= 0.3 is 0 Å². The summed E-state index contributed by atoms with van der Waals surface area (Å²) in [5.74, 6) is 0.715. The Bertz CT molecular complexity index is 688. The van der Waals surface area contributed by atoms with Crippen LogP contribution < -0.4 is 15.4 Å². The first-order chi connectivity index (χ1) is 11.6. The van der Waals surface area contributed by atoms with Crippen molar-refractivity contribution >= 4 is 5.91 Å². The van der Waals surface area contributed by atoms with Crippen LogP contribution in [0.1, 0.15) is 34.5 Å². The van der Waals surface area contributed by atoms with E-state index >= 15 is 0 Å². The topological polar surface area (TPSA) is 68.2 Å². The summed E-state index contributed by atoms with van der Waals surface area (Å²) in [5, 5.41) is 10.6. The summed E-state index contributed by atoms with van der Waals surface area (Å²) in [6.07, 6.45) is 4.24. The smallest absolute Gasteiger partial charge is 0.251 e. The lowest BCUT2D eigenvalue weighted by Crippen LogP contribution is -2.34. The van der Waals surface area contributed by atoms with Gasteiger partial charge in [-0.3, -0.25) is 9.48 Å². The maximum atomic E-state index is 12.2. The van der Waals surface area contributed by atoms with E-state index in [1.54, 1.807) is 16.8 Å². The Labute approximate surface area is 142 Å². The van der Waals surface area contributed by atoms with Crippen LogP contribution in [0.5, 0.6) is 5.75 Å². The van der Waals surface area contributed by atoms with Crippen molar-refractivity contribution in [2.45, 2.75) is 32.4 Å². The molecule has 0 radical (unpaired) electrons. The predicted octanol–water partition coefficient (Wildman–Crippen LogP) is 1.79. The lowest BCUT2D eigenvalue weighted by atomic mass is 10.1. The third kappa shape index (κ3) is 4.14. The number of aromatic nitrogens is 2. The molecule has 1 aliphatic heterocycles. The van der Waals surface area contributed by atoms with Gasteiger partial charge < -0.3 is 15.4 Å². The monoisotopic (exact) mass is 328 g/mol. The minimum atomic E-state index is -0.103. The number of carbonyl (C=O) groups is 1. The first-order valence-electron chi connectivity index (χ1n) is 8.36. The molecule has 1 aliphatic rings. The second kappa shape index (κ2) is 7.49. The van der Waals surface area contributed by atoms with E-state index in [9.17, 15) is 4.79 Å². The van der Waals surface area contributed by atoms with Gasteiger partial charge in [0.05, 0.1) is 12.2 Å². The molecule has 3 rings (SSSR count). The first-order valence-corrected chi connectivity index (χ1v) is 8.36. The number of aryl methyl sites for hydroxylation is 2. The molecule has 0 saturated carbocycles. The second-order valence-corrected chi connectivity index (χ2v) is 6.21. The molecule has 1 aromatic heterocycles. The van der Waals surface area contributed by atoms with E-state index in [0.717, 1.165) is 42.9 Å². The highest BCUT2D eigenvalue weighted by atomic mass is 16.5. The number of hydrogen-bond acceptors (Lipinski definition) is 4. The lowest BCUT2D eigenvalue weighted by molar-refractivity contribution is 0.0950. The summed E-state index contributed by atoms with van der Waals surface area (Å²) in [6, 6.07) is 7.33. The van der Waals surface area contributed by atoms with Crippen LogP contribution in [0.15, 0.2) is 30.5 Å². The zero-order chi connectivity index (χ0) is 16.9. The highest BCUT2D eigenvalue weighted by molar-refractivity contribution is 5.94. The molecule has 1 aromatic carbocycles. The van der Waals surface area contributed by atoms with Crippen LogP contribution in [0.4, 0.5) is 0 Å². The Morgan fingerprint density at radius 1 is 1.33 bits per heavy atom. The van der Waals surface area contributed by atoms with Crippen LogP contribution in [0.25, 0.3) is 0 Å². The number of amides is 1. The van der Waals surface area contributed by atoms with Crippen LogP contribution in [-0.4, -0.2) is 34.9 Å². The summed E-state index contributed by atoms with van der Waals surface area (Å²) in [4.78, 5) is 12.2. The number of ether oxygens (including phenoxy) is 1. The van der Waals surface area contributed by atoms with Crippen molar-refractivity contribution in [2.75, 3.05) is 13.1 Å². The van der Waals surface area contributed by atoms with E-state index < -0.39 is 0 Å². The van der Waals surface area contributed by atoms with Crippen LogP contribution in [-0.2, 0) is 13.6 Å². The number of nitrogens with zero attached hydrogens (tertiary/aromatic N) is 2. The standard InChI is InChI=1S/C18H24N4O2/c1-13-12-22(2)21-17(13)11-20-18(23)14-3-5-15(6-4-14)24-16-7-9-19-10-8-16/h3-6,12,16,19H,7-11H2,1-2H3,(H,20,23). The molecule has 128 valence electrons. The maximum Gasteiger partial charge on any atom is 0.251 e. The Hall–Kier alpha value is -2.34. The van der Waals surface area contributed by atoms with Crippen LogP contribution >= 0.6 is 0 Å². The van der Waals surface area contributed by atoms with Crippen LogP contribution in [0.3, 0.4) is 0 Å². The second-order valence-electron chi connectivity index (χ2n) is 6.21. The Balaban J connectivity index is 1.54. The molecule has 2 N–H and O–H groups in total. The average Bonchev–Trinajstić information content (AvgIpc) is 2.92. The van der Waals surface area contributed by atoms with Gasteiger partial charge in [0.2, 0.25) is 0 Å². The highest BCUT2D eigenvalue weighted by Crippen LogP contribution is 2.17. The third-order valence-corrected chi connectivity index (χ3v) is 4.24. The van der Waals surface area contributed by atoms with Gasteiger partial charge in [0.15, 0.2) is 0 Å². The van der Waals surface area contributed by atoms with Gasteiger partial charge in [0, 0.05) is 18.8 Å². The molecule has 2 heterocycles. The number of hydrogen-bond donors (Lipinski definition) is 2. The van der Waals surface area contributed by atoms with Crippen molar-refractivity contribution in [1.82, 2.24) is 20.4 Å². The van der Waals surface area contributed by atoms with Gasteiger partial charge in [-0.25, -0.2) is 0 Å². The maximum absolute atomic E-state index is 12.2. The molecular formula is C18H24N4O2. The zero-order valence-corrected chi connectivity index (χ0v) is 14.2. The fourth-order valence-electron chi connectivity index (χ4n) is 2.88. The van der Waals surface area contributed by atoms with E-state index in [1.165, 1.54) is 0 Å². The molecule has 1 amide bonds. The minimum absolute atomic E-state index is 0.103. The van der Waals surface area contributed by atoms with Crippen molar-refractivity contribution in [3.8, 4) is 5.75 Å². The lowest BCUT2D eigenvalue weighted by Gasteiger charge is -2.23. The summed E-state index contributed by atoms with van der Waals surface area (Å²) < 4.78 is 7.71. The molecule has 0 unspecified atom stereocenters. The number of rotatable bonds is 5. The van der Waals surface area contributed by atoms with E-state index in [2.05, 4.69) is 15.7 Å². The summed E-state index contributed by atoms with van der Waals surface area (Å²) in [6.45, 7) is 4.41. The van der Waals surface area contributed by atoms with Gasteiger partial charge in [-0.05, 0) is 62.7 Å². The van der Waals surface area contributed by atoms with Crippen molar-refractivity contribution < 1.29 is 9.53 Å². The van der Waals surface area contributed by atoms with E-state index in [1.807, 2.05) is 32.3 Å². The first kappa shape index (κ1) is 16.5. The molecule has 1 saturated heterocycles. The SMILES string of the molecule is Cc1cn(C)nc1CNC(=O)c1ccc(OC2CCNCC2)cc1. The number of benzene rings is 1.